The molecule has 104 valence electrons. The lowest BCUT2D eigenvalue weighted by Crippen LogP contribution is -2.47. The Hall–Kier alpha value is -0.570. The zero-order chi connectivity index (χ0) is 13.4. The molecule has 0 aromatic heterocycles. The molecule has 0 radical (unpaired) electrons. The zero-order valence-electron chi connectivity index (χ0n) is 12.4. The van der Waals surface area contributed by atoms with Crippen LogP contribution in [0.25, 0.3) is 0 Å². The van der Waals surface area contributed by atoms with E-state index >= 15 is 0 Å². The summed E-state index contributed by atoms with van der Waals surface area (Å²) in [7, 11) is 0. The average molecular weight is 252 g/mol. The number of carbonyl (C=O) groups excluding carboxylic acids is 1. The minimum atomic E-state index is -0.334. The maximum Gasteiger partial charge on any atom is 0.243 e. The zero-order valence-corrected chi connectivity index (χ0v) is 12.4. The number of hydrogen-bond donors (Lipinski definition) is 1. The van der Waals surface area contributed by atoms with Crippen LogP contribution in [0, 0.1) is 5.41 Å². The molecule has 3 heteroatoms. The van der Waals surface area contributed by atoms with Crippen molar-refractivity contribution in [2.24, 2.45) is 5.41 Å². The maximum atomic E-state index is 12.6. The third kappa shape index (κ3) is 2.07. The molecule has 0 aromatic rings. The molecule has 2 rings (SSSR count). The second kappa shape index (κ2) is 4.84. The van der Waals surface area contributed by atoms with E-state index in [1.807, 2.05) is 0 Å². The molecule has 0 aromatic carbocycles. The Kier molecular flexibility index (Phi) is 3.72. The van der Waals surface area contributed by atoms with E-state index in [1.165, 1.54) is 25.7 Å². The van der Waals surface area contributed by atoms with Crippen molar-refractivity contribution >= 4 is 5.91 Å². The van der Waals surface area contributed by atoms with Crippen molar-refractivity contribution in [3.8, 4) is 0 Å². The van der Waals surface area contributed by atoms with E-state index in [1.54, 1.807) is 0 Å². The minimum Gasteiger partial charge on any atom is -0.325 e. The quantitative estimate of drug-likeness (QED) is 0.816. The second-order valence-electron chi connectivity index (χ2n) is 6.39. The minimum absolute atomic E-state index is 0.242. The lowest BCUT2D eigenvalue weighted by atomic mass is 9.66. The number of nitrogens with one attached hydrogen (secondary N) is 1. The molecule has 18 heavy (non-hydrogen) atoms. The lowest BCUT2D eigenvalue weighted by Gasteiger charge is -2.45. The first-order chi connectivity index (χ1) is 8.50. The van der Waals surface area contributed by atoms with Crippen molar-refractivity contribution in [1.82, 2.24) is 10.2 Å². The molecule has 1 saturated carbocycles. The predicted octanol–water partition coefficient (Wildman–Crippen LogP) is 2.90. The molecule has 1 amide bonds. The normalized spacial score (nSPS) is 34.8. The summed E-state index contributed by atoms with van der Waals surface area (Å²) in [6.07, 6.45) is 7.26. The summed E-state index contributed by atoms with van der Waals surface area (Å²) in [6.45, 7) is 9.55. The Morgan fingerprint density at radius 1 is 1.28 bits per heavy atom. The Labute approximate surface area is 111 Å². The largest absolute Gasteiger partial charge is 0.325 e. The first-order valence-electron chi connectivity index (χ1n) is 7.59. The van der Waals surface area contributed by atoms with E-state index in [9.17, 15) is 4.79 Å². The molecule has 2 atom stereocenters. The fourth-order valence-corrected chi connectivity index (χ4v) is 3.39. The molecule has 1 aliphatic heterocycles. The maximum absolute atomic E-state index is 12.6. The molecule has 2 unspecified atom stereocenters. The van der Waals surface area contributed by atoms with Crippen LogP contribution in [0.1, 0.15) is 66.2 Å². The van der Waals surface area contributed by atoms with Crippen LogP contribution in [0.2, 0.25) is 0 Å². The van der Waals surface area contributed by atoms with Crippen molar-refractivity contribution in [2.45, 2.75) is 77.9 Å². The first-order valence-corrected chi connectivity index (χ1v) is 7.59. The fourth-order valence-electron chi connectivity index (χ4n) is 3.39. The molecule has 1 saturated heterocycles. The highest BCUT2D eigenvalue weighted by Crippen LogP contribution is 2.45. The van der Waals surface area contributed by atoms with Gasteiger partial charge in [-0.05, 0) is 44.4 Å². The Morgan fingerprint density at radius 3 is 2.33 bits per heavy atom. The van der Waals surface area contributed by atoms with Gasteiger partial charge in [0.25, 0.3) is 0 Å². The van der Waals surface area contributed by atoms with Crippen molar-refractivity contribution < 1.29 is 4.79 Å². The standard InChI is InChI=1S/C15H28N2O/c1-5-12-16-14(4,6-2)13(18)17(12)11-15(7-3)9-8-10-15/h12,16H,5-11H2,1-4H3. The third-order valence-electron chi connectivity index (χ3n) is 5.36. The SMILES string of the molecule is CCC1NC(C)(CC)C(=O)N1CC1(CC)CCC1. The monoisotopic (exact) mass is 252 g/mol. The molecule has 0 spiro atoms. The van der Waals surface area contributed by atoms with E-state index in [0.29, 0.717) is 11.3 Å². The van der Waals surface area contributed by atoms with Gasteiger partial charge in [0.2, 0.25) is 5.91 Å². The van der Waals surface area contributed by atoms with Gasteiger partial charge in [-0.1, -0.05) is 27.2 Å². The predicted molar refractivity (Wildman–Crippen MR) is 74.2 cm³/mol. The fraction of sp³-hybridized carbons (Fsp3) is 0.933. The van der Waals surface area contributed by atoms with Crippen LogP contribution in [-0.4, -0.2) is 29.1 Å². The summed E-state index contributed by atoms with van der Waals surface area (Å²) in [5.41, 5.74) is 0.0864. The summed E-state index contributed by atoms with van der Waals surface area (Å²) in [5.74, 6) is 0.316. The Balaban J connectivity index is 2.13. The number of nitrogens with zero attached hydrogens (tertiary/aromatic N) is 1. The number of carbonyl (C=O) groups is 1. The third-order valence-corrected chi connectivity index (χ3v) is 5.36. The van der Waals surface area contributed by atoms with E-state index in [4.69, 9.17) is 0 Å². The van der Waals surface area contributed by atoms with E-state index < -0.39 is 0 Å². The number of rotatable bonds is 5. The summed E-state index contributed by atoms with van der Waals surface area (Å²) in [5, 5.41) is 3.54. The Bertz CT molecular complexity index is 319. The number of hydrogen-bond acceptors (Lipinski definition) is 2. The van der Waals surface area contributed by atoms with Crippen molar-refractivity contribution in [1.29, 1.82) is 0 Å². The molecular weight excluding hydrogens is 224 g/mol. The molecule has 0 bridgehead atoms. The van der Waals surface area contributed by atoms with Gasteiger partial charge in [0.1, 0.15) is 0 Å². The van der Waals surface area contributed by atoms with Crippen molar-refractivity contribution in [3.63, 3.8) is 0 Å². The van der Waals surface area contributed by atoms with Crippen LogP contribution in [-0.2, 0) is 4.79 Å². The molecule has 3 nitrogen and oxygen atoms in total. The smallest absolute Gasteiger partial charge is 0.243 e. The molecule has 1 N–H and O–H groups in total. The number of amides is 1. The molecule has 1 heterocycles. The van der Waals surface area contributed by atoms with Gasteiger partial charge in [-0.2, -0.15) is 0 Å². The van der Waals surface area contributed by atoms with Gasteiger partial charge in [-0.3, -0.25) is 10.1 Å². The van der Waals surface area contributed by atoms with Gasteiger partial charge in [-0.15, -0.1) is 0 Å². The van der Waals surface area contributed by atoms with Gasteiger partial charge < -0.3 is 4.90 Å². The topological polar surface area (TPSA) is 32.3 Å². The summed E-state index contributed by atoms with van der Waals surface area (Å²) in [4.78, 5) is 14.8. The average Bonchev–Trinajstić information content (AvgIpc) is 2.58. The van der Waals surface area contributed by atoms with Gasteiger partial charge in [0.05, 0.1) is 11.7 Å². The van der Waals surface area contributed by atoms with E-state index in [0.717, 1.165) is 19.4 Å². The van der Waals surface area contributed by atoms with Crippen molar-refractivity contribution in [3.05, 3.63) is 0 Å². The molecule has 1 aliphatic carbocycles. The van der Waals surface area contributed by atoms with Gasteiger partial charge in [0, 0.05) is 6.54 Å². The molecular formula is C15H28N2O. The van der Waals surface area contributed by atoms with E-state index in [-0.39, 0.29) is 11.7 Å². The first kappa shape index (κ1) is 13.9. The van der Waals surface area contributed by atoms with Crippen LogP contribution >= 0.6 is 0 Å². The van der Waals surface area contributed by atoms with Crippen LogP contribution in [0.5, 0.6) is 0 Å². The Morgan fingerprint density at radius 2 is 1.94 bits per heavy atom. The van der Waals surface area contributed by atoms with Crippen molar-refractivity contribution in [2.75, 3.05) is 6.54 Å². The summed E-state index contributed by atoms with van der Waals surface area (Å²) in [6, 6.07) is 0. The van der Waals surface area contributed by atoms with E-state index in [2.05, 4.69) is 37.9 Å². The van der Waals surface area contributed by atoms with Crippen LogP contribution in [0.4, 0.5) is 0 Å². The second-order valence-corrected chi connectivity index (χ2v) is 6.39. The molecule has 2 aliphatic rings. The highest BCUT2D eigenvalue weighted by atomic mass is 16.2. The summed E-state index contributed by atoms with van der Waals surface area (Å²) < 4.78 is 0. The lowest BCUT2D eigenvalue weighted by molar-refractivity contribution is -0.135. The van der Waals surface area contributed by atoms with Crippen LogP contribution < -0.4 is 5.32 Å². The highest BCUT2D eigenvalue weighted by molar-refractivity contribution is 5.88. The van der Waals surface area contributed by atoms with Crippen LogP contribution in [0.15, 0.2) is 0 Å². The van der Waals surface area contributed by atoms with Gasteiger partial charge in [-0.25, -0.2) is 0 Å². The van der Waals surface area contributed by atoms with Gasteiger partial charge in [0.15, 0.2) is 0 Å². The molecule has 2 fully saturated rings. The van der Waals surface area contributed by atoms with Gasteiger partial charge >= 0.3 is 0 Å². The summed E-state index contributed by atoms with van der Waals surface area (Å²) >= 11 is 0. The van der Waals surface area contributed by atoms with Crippen LogP contribution in [0.3, 0.4) is 0 Å². The highest BCUT2D eigenvalue weighted by Gasteiger charge is 2.49.